The Morgan fingerprint density at radius 3 is 2.14 bits per heavy atom. The molecule has 0 rings (SSSR count). The van der Waals surface area contributed by atoms with Gasteiger partial charge in [0, 0.05) is 6.61 Å². The van der Waals surface area contributed by atoms with Crippen LogP contribution in [0.15, 0.2) is 0 Å². The molecular weight excluding hydrogens is 88.1 g/mol. The molecule has 0 aromatic heterocycles. The maximum atomic E-state index is 5.19. The predicted molar refractivity (Wildman–Crippen MR) is 31.4 cm³/mol. The molecule has 0 bridgehead atoms. The standard InChI is InChI=1S/C6H14O/c1-4-6(3)7-5-2/h6H,4-5H2,1-3H3. The number of hydrogen-bond donors (Lipinski definition) is 0. The summed E-state index contributed by atoms with van der Waals surface area (Å²) in [6.45, 7) is 7.07. The van der Waals surface area contributed by atoms with Crippen molar-refractivity contribution < 1.29 is 4.74 Å². The summed E-state index contributed by atoms with van der Waals surface area (Å²) in [5.74, 6) is 0. The molecule has 1 unspecified atom stereocenters. The van der Waals surface area contributed by atoms with Gasteiger partial charge < -0.3 is 4.74 Å². The first-order valence-electron chi connectivity index (χ1n) is 2.92. The van der Waals surface area contributed by atoms with Gasteiger partial charge in [0.05, 0.1) is 6.10 Å². The number of rotatable bonds is 3. The summed E-state index contributed by atoms with van der Waals surface area (Å²) in [6.07, 6.45) is 1.57. The van der Waals surface area contributed by atoms with Gasteiger partial charge in [0.1, 0.15) is 0 Å². The van der Waals surface area contributed by atoms with Crippen molar-refractivity contribution in [1.29, 1.82) is 0 Å². The van der Waals surface area contributed by atoms with Crippen molar-refractivity contribution in [1.82, 2.24) is 0 Å². The van der Waals surface area contributed by atoms with Crippen molar-refractivity contribution in [3.05, 3.63) is 0 Å². The van der Waals surface area contributed by atoms with Crippen molar-refractivity contribution in [3.8, 4) is 0 Å². The molecule has 0 fully saturated rings. The summed E-state index contributed by atoms with van der Waals surface area (Å²) < 4.78 is 5.19. The molecule has 0 aromatic carbocycles. The van der Waals surface area contributed by atoms with Crippen LogP contribution in [0.25, 0.3) is 0 Å². The zero-order chi connectivity index (χ0) is 5.70. The summed E-state index contributed by atoms with van der Waals surface area (Å²) in [5.41, 5.74) is 0. The monoisotopic (exact) mass is 102 g/mol. The van der Waals surface area contributed by atoms with Crippen LogP contribution in [-0.2, 0) is 4.74 Å². The average Bonchev–Trinajstić information content (AvgIpc) is 1.68. The molecule has 0 saturated heterocycles. The summed E-state index contributed by atoms with van der Waals surface area (Å²) in [6, 6.07) is 0. The van der Waals surface area contributed by atoms with Crippen molar-refractivity contribution in [3.63, 3.8) is 0 Å². The normalized spacial score (nSPS) is 14.1. The molecule has 0 aromatic rings. The van der Waals surface area contributed by atoms with E-state index in [-0.39, 0.29) is 0 Å². The molecule has 0 amide bonds. The van der Waals surface area contributed by atoms with Gasteiger partial charge in [-0.3, -0.25) is 0 Å². The molecule has 0 radical (unpaired) electrons. The molecule has 7 heavy (non-hydrogen) atoms. The molecule has 0 aliphatic carbocycles. The van der Waals surface area contributed by atoms with Crippen molar-refractivity contribution >= 4 is 0 Å². The van der Waals surface area contributed by atoms with Crippen LogP contribution in [0.4, 0.5) is 0 Å². The van der Waals surface area contributed by atoms with Gasteiger partial charge in [0.2, 0.25) is 0 Å². The maximum absolute atomic E-state index is 5.19. The van der Waals surface area contributed by atoms with Crippen LogP contribution in [0, 0.1) is 0 Å². The van der Waals surface area contributed by atoms with E-state index in [1.54, 1.807) is 0 Å². The van der Waals surface area contributed by atoms with Gasteiger partial charge in [0.15, 0.2) is 0 Å². The molecule has 1 heteroatoms. The Morgan fingerprint density at radius 2 is 2.00 bits per heavy atom. The molecule has 0 aliphatic rings. The molecule has 0 saturated carbocycles. The second kappa shape index (κ2) is 4.13. The van der Waals surface area contributed by atoms with E-state index in [1.807, 2.05) is 6.92 Å². The van der Waals surface area contributed by atoms with Crippen LogP contribution in [0.5, 0.6) is 0 Å². The molecular formula is C6H14O. The third kappa shape index (κ3) is 3.80. The second-order valence-electron chi connectivity index (χ2n) is 1.67. The highest BCUT2D eigenvalue weighted by molar-refractivity contribution is 4.40. The van der Waals surface area contributed by atoms with Crippen molar-refractivity contribution in [2.24, 2.45) is 0 Å². The lowest BCUT2D eigenvalue weighted by Gasteiger charge is -2.05. The summed E-state index contributed by atoms with van der Waals surface area (Å²) in [7, 11) is 0. The second-order valence-corrected chi connectivity index (χ2v) is 1.67. The quantitative estimate of drug-likeness (QED) is 0.528. The van der Waals surface area contributed by atoms with Crippen molar-refractivity contribution in [2.45, 2.75) is 33.3 Å². The van der Waals surface area contributed by atoms with Gasteiger partial charge in [0.25, 0.3) is 0 Å². The Hall–Kier alpha value is -0.0400. The molecule has 44 valence electrons. The minimum Gasteiger partial charge on any atom is -0.379 e. The fourth-order valence-electron chi connectivity index (χ4n) is 0.402. The largest absolute Gasteiger partial charge is 0.379 e. The highest BCUT2D eigenvalue weighted by Gasteiger charge is 1.91. The predicted octanol–water partition coefficient (Wildman–Crippen LogP) is 1.82. The van der Waals surface area contributed by atoms with E-state index in [9.17, 15) is 0 Å². The highest BCUT2D eigenvalue weighted by Crippen LogP contribution is 1.92. The fraction of sp³-hybridized carbons (Fsp3) is 1.00. The van der Waals surface area contributed by atoms with Gasteiger partial charge in [-0.2, -0.15) is 0 Å². The minimum atomic E-state index is 0.449. The molecule has 0 N–H and O–H groups in total. The Balaban J connectivity index is 2.83. The van der Waals surface area contributed by atoms with Crippen LogP contribution >= 0.6 is 0 Å². The zero-order valence-electron chi connectivity index (χ0n) is 5.40. The summed E-state index contributed by atoms with van der Waals surface area (Å²) in [5, 5.41) is 0. The topological polar surface area (TPSA) is 9.23 Å². The lowest BCUT2D eigenvalue weighted by Crippen LogP contribution is -2.04. The number of ether oxygens (including phenoxy) is 1. The number of hydrogen-bond acceptors (Lipinski definition) is 1. The van der Waals surface area contributed by atoms with Crippen LogP contribution in [0.2, 0.25) is 0 Å². The maximum Gasteiger partial charge on any atom is 0.0544 e. The van der Waals surface area contributed by atoms with E-state index >= 15 is 0 Å². The summed E-state index contributed by atoms with van der Waals surface area (Å²) >= 11 is 0. The minimum absolute atomic E-state index is 0.449. The van der Waals surface area contributed by atoms with Crippen LogP contribution < -0.4 is 0 Å². The van der Waals surface area contributed by atoms with E-state index in [2.05, 4.69) is 13.8 Å². The van der Waals surface area contributed by atoms with E-state index in [0.29, 0.717) is 6.10 Å². The molecule has 0 aliphatic heterocycles. The third-order valence-electron chi connectivity index (χ3n) is 1.03. The lowest BCUT2D eigenvalue weighted by molar-refractivity contribution is 0.0739. The van der Waals surface area contributed by atoms with E-state index < -0.39 is 0 Å². The van der Waals surface area contributed by atoms with Gasteiger partial charge in [-0.05, 0) is 20.3 Å². The Kier molecular flexibility index (Phi) is 4.10. The van der Waals surface area contributed by atoms with Gasteiger partial charge in [-0.15, -0.1) is 0 Å². The highest BCUT2D eigenvalue weighted by atomic mass is 16.5. The molecule has 1 nitrogen and oxygen atoms in total. The smallest absolute Gasteiger partial charge is 0.0544 e. The van der Waals surface area contributed by atoms with Gasteiger partial charge in [-0.25, -0.2) is 0 Å². The van der Waals surface area contributed by atoms with E-state index in [0.717, 1.165) is 13.0 Å². The van der Waals surface area contributed by atoms with Crippen molar-refractivity contribution in [2.75, 3.05) is 6.61 Å². The molecule has 0 spiro atoms. The zero-order valence-corrected chi connectivity index (χ0v) is 5.40. The summed E-state index contributed by atoms with van der Waals surface area (Å²) in [4.78, 5) is 0. The van der Waals surface area contributed by atoms with Crippen LogP contribution in [0.1, 0.15) is 27.2 Å². The third-order valence-corrected chi connectivity index (χ3v) is 1.03. The first-order valence-corrected chi connectivity index (χ1v) is 2.92. The lowest BCUT2D eigenvalue weighted by atomic mass is 10.3. The van der Waals surface area contributed by atoms with Crippen LogP contribution in [-0.4, -0.2) is 12.7 Å². The Labute approximate surface area is 45.7 Å². The van der Waals surface area contributed by atoms with Gasteiger partial charge >= 0.3 is 0 Å². The Morgan fingerprint density at radius 1 is 1.43 bits per heavy atom. The van der Waals surface area contributed by atoms with E-state index in [1.165, 1.54) is 0 Å². The van der Waals surface area contributed by atoms with E-state index in [4.69, 9.17) is 4.74 Å². The van der Waals surface area contributed by atoms with Crippen LogP contribution in [0.3, 0.4) is 0 Å². The molecule has 1 atom stereocenters. The molecule has 0 heterocycles. The Bertz CT molecular complexity index is 35.2. The first-order chi connectivity index (χ1) is 3.31. The SMILES string of the molecule is CCOC(C)CC. The fourth-order valence-corrected chi connectivity index (χ4v) is 0.402. The van der Waals surface area contributed by atoms with Gasteiger partial charge in [-0.1, -0.05) is 6.92 Å². The first kappa shape index (κ1) is 6.96. The average molecular weight is 102 g/mol.